The van der Waals surface area contributed by atoms with E-state index in [0.717, 1.165) is 13.0 Å². The maximum Gasteiger partial charge on any atom is 0.151 e. The molecule has 0 aliphatic carbocycles. The number of hydrogen-bond acceptors (Lipinski definition) is 4. The fraction of sp³-hybridized carbons (Fsp3) is 0.571. The molecule has 1 heterocycles. The summed E-state index contributed by atoms with van der Waals surface area (Å²) >= 11 is 1.70. The van der Waals surface area contributed by atoms with E-state index in [1.165, 1.54) is 10.5 Å². The van der Waals surface area contributed by atoms with Gasteiger partial charge in [0.1, 0.15) is 0 Å². The van der Waals surface area contributed by atoms with Gasteiger partial charge in [-0.1, -0.05) is 19.1 Å². The first kappa shape index (κ1) is 14.9. The van der Waals surface area contributed by atoms with Gasteiger partial charge in [0.2, 0.25) is 0 Å². The molecular weight excluding hydrogens is 278 g/mol. The minimum Gasteiger partial charge on any atom is -0.310 e. The predicted molar refractivity (Wildman–Crippen MR) is 81.4 cm³/mol. The maximum atomic E-state index is 11.5. The Balaban J connectivity index is 2.03. The Morgan fingerprint density at radius 2 is 2.26 bits per heavy atom. The fourth-order valence-electron chi connectivity index (χ4n) is 2.33. The lowest BCUT2D eigenvalue weighted by atomic mass is 10.1. The van der Waals surface area contributed by atoms with Crippen LogP contribution in [0, 0.1) is 0 Å². The normalized spacial score (nSPS) is 23.4. The maximum absolute atomic E-state index is 11.5. The Morgan fingerprint density at radius 3 is 2.89 bits per heavy atom. The van der Waals surface area contributed by atoms with Crippen LogP contribution in [0.25, 0.3) is 0 Å². The second kappa shape index (κ2) is 6.29. The van der Waals surface area contributed by atoms with Crippen molar-refractivity contribution in [3.63, 3.8) is 0 Å². The van der Waals surface area contributed by atoms with E-state index < -0.39 is 9.84 Å². The van der Waals surface area contributed by atoms with E-state index in [4.69, 9.17) is 0 Å². The molecule has 0 bridgehead atoms. The molecule has 1 N–H and O–H groups in total. The molecule has 1 aromatic rings. The van der Waals surface area contributed by atoms with Gasteiger partial charge in [-0.3, -0.25) is 0 Å². The molecule has 2 rings (SSSR count). The SMILES string of the molecule is CCNC(C)c1cccc(SC2CCS(=O)(=O)C2)c1. The zero-order chi connectivity index (χ0) is 13.9. The van der Waals surface area contributed by atoms with Crippen molar-refractivity contribution in [1.82, 2.24) is 5.32 Å². The summed E-state index contributed by atoms with van der Waals surface area (Å²) in [4.78, 5) is 1.17. The van der Waals surface area contributed by atoms with Crippen molar-refractivity contribution in [2.75, 3.05) is 18.1 Å². The number of sulfone groups is 1. The van der Waals surface area contributed by atoms with Crippen molar-refractivity contribution in [3.05, 3.63) is 29.8 Å². The van der Waals surface area contributed by atoms with Crippen LogP contribution in [0.1, 0.15) is 31.9 Å². The number of rotatable bonds is 5. The van der Waals surface area contributed by atoms with Crippen LogP contribution >= 0.6 is 11.8 Å². The first-order valence-corrected chi connectivity index (χ1v) is 9.40. The zero-order valence-corrected chi connectivity index (χ0v) is 13.1. The van der Waals surface area contributed by atoms with E-state index in [9.17, 15) is 8.42 Å². The smallest absolute Gasteiger partial charge is 0.151 e. The molecule has 1 aliphatic heterocycles. The van der Waals surface area contributed by atoms with E-state index in [0.29, 0.717) is 17.5 Å². The van der Waals surface area contributed by atoms with Crippen LogP contribution < -0.4 is 5.32 Å². The minimum absolute atomic E-state index is 0.217. The second-order valence-corrected chi connectivity index (χ2v) is 8.60. The molecule has 106 valence electrons. The van der Waals surface area contributed by atoms with Gasteiger partial charge in [0.05, 0.1) is 11.5 Å². The van der Waals surface area contributed by atoms with Crippen molar-refractivity contribution in [3.8, 4) is 0 Å². The lowest BCUT2D eigenvalue weighted by molar-refractivity contribution is 0.597. The number of benzene rings is 1. The highest BCUT2D eigenvalue weighted by molar-refractivity contribution is 8.01. The third-order valence-corrected chi connectivity index (χ3v) is 6.60. The summed E-state index contributed by atoms with van der Waals surface area (Å²) in [5.41, 5.74) is 1.26. The monoisotopic (exact) mass is 299 g/mol. The summed E-state index contributed by atoms with van der Waals surface area (Å²) in [6, 6.07) is 8.73. The van der Waals surface area contributed by atoms with Crippen molar-refractivity contribution < 1.29 is 8.42 Å². The molecule has 0 spiro atoms. The Bertz CT molecular complexity index is 528. The van der Waals surface area contributed by atoms with Gasteiger partial charge >= 0.3 is 0 Å². The molecular formula is C14H21NO2S2. The molecule has 19 heavy (non-hydrogen) atoms. The molecule has 1 saturated heterocycles. The Hall–Kier alpha value is -0.520. The first-order valence-electron chi connectivity index (χ1n) is 6.70. The van der Waals surface area contributed by atoms with Crippen LogP contribution in [0.4, 0.5) is 0 Å². The second-order valence-electron chi connectivity index (χ2n) is 4.99. The van der Waals surface area contributed by atoms with Gasteiger partial charge in [-0.2, -0.15) is 0 Å². The van der Waals surface area contributed by atoms with Gasteiger partial charge in [0.15, 0.2) is 9.84 Å². The molecule has 1 aliphatic rings. The fourth-order valence-corrected chi connectivity index (χ4v) is 5.90. The minimum atomic E-state index is -2.78. The molecule has 3 nitrogen and oxygen atoms in total. The lowest BCUT2D eigenvalue weighted by Gasteiger charge is -2.14. The molecule has 1 fully saturated rings. The van der Waals surface area contributed by atoms with Crippen molar-refractivity contribution in [2.24, 2.45) is 0 Å². The van der Waals surface area contributed by atoms with E-state index >= 15 is 0 Å². The molecule has 1 aromatic carbocycles. The Morgan fingerprint density at radius 1 is 1.47 bits per heavy atom. The largest absolute Gasteiger partial charge is 0.310 e. The number of thioether (sulfide) groups is 1. The number of nitrogens with one attached hydrogen (secondary N) is 1. The van der Waals surface area contributed by atoms with Crippen LogP contribution in [0.15, 0.2) is 29.2 Å². The topological polar surface area (TPSA) is 46.2 Å². The molecule has 0 amide bonds. The average Bonchev–Trinajstić information content (AvgIpc) is 2.69. The van der Waals surface area contributed by atoms with Gasteiger partial charge in [-0.15, -0.1) is 11.8 Å². The molecule has 0 radical (unpaired) electrons. The summed E-state index contributed by atoms with van der Waals surface area (Å²) in [6.45, 7) is 5.19. The molecule has 0 saturated carbocycles. The van der Waals surface area contributed by atoms with Crippen LogP contribution in [0.5, 0.6) is 0 Å². The van der Waals surface area contributed by atoms with E-state index in [-0.39, 0.29) is 5.25 Å². The predicted octanol–water partition coefficient (Wildman–Crippen LogP) is 2.64. The third-order valence-electron chi connectivity index (χ3n) is 3.36. The lowest BCUT2D eigenvalue weighted by Crippen LogP contribution is -2.17. The summed E-state index contributed by atoms with van der Waals surface area (Å²) in [5.74, 6) is 0.669. The van der Waals surface area contributed by atoms with Crippen LogP contribution in [0.3, 0.4) is 0 Å². The third kappa shape index (κ3) is 4.23. The Labute approximate surface area is 120 Å². The van der Waals surface area contributed by atoms with Crippen LogP contribution in [0.2, 0.25) is 0 Å². The average molecular weight is 299 g/mol. The summed E-state index contributed by atoms with van der Waals surface area (Å²) in [6.07, 6.45) is 0.778. The highest BCUT2D eigenvalue weighted by Gasteiger charge is 2.28. The highest BCUT2D eigenvalue weighted by atomic mass is 32.2. The van der Waals surface area contributed by atoms with Gasteiger partial charge in [0.25, 0.3) is 0 Å². The van der Waals surface area contributed by atoms with Gasteiger partial charge in [0, 0.05) is 16.2 Å². The standard InChI is InChI=1S/C14H21NO2S2/c1-3-15-11(2)12-5-4-6-13(9-12)18-14-7-8-19(16,17)10-14/h4-6,9,11,14-15H,3,7-8,10H2,1-2H3. The summed E-state index contributed by atoms with van der Waals surface area (Å²) < 4.78 is 22.9. The zero-order valence-electron chi connectivity index (χ0n) is 11.4. The first-order chi connectivity index (χ1) is 9.00. The van der Waals surface area contributed by atoms with Gasteiger partial charge < -0.3 is 5.32 Å². The Kier molecular flexibility index (Phi) is 4.92. The van der Waals surface area contributed by atoms with Crippen LogP contribution in [-0.4, -0.2) is 31.7 Å². The summed E-state index contributed by atoms with van der Waals surface area (Å²) in [7, 11) is -2.78. The van der Waals surface area contributed by atoms with Gasteiger partial charge in [-0.05, 0) is 37.6 Å². The van der Waals surface area contributed by atoms with Crippen molar-refractivity contribution in [2.45, 2.75) is 36.5 Å². The molecule has 0 aromatic heterocycles. The van der Waals surface area contributed by atoms with Crippen LogP contribution in [-0.2, 0) is 9.84 Å². The number of hydrogen-bond donors (Lipinski definition) is 1. The molecule has 2 unspecified atom stereocenters. The van der Waals surface area contributed by atoms with E-state index in [1.54, 1.807) is 11.8 Å². The van der Waals surface area contributed by atoms with E-state index in [2.05, 4.69) is 43.4 Å². The quantitative estimate of drug-likeness (QED) is 0.908. The highest BCUT2D eigenvalue weighted by Crippen LogP contribution is 2.32. The van der Waals surface area contributed by atoms with Gasteiger partial charge in [-0.25, -0.2) is 8.42 Å². The molecule has 2 atom stereocenters. The van der Waals surface area contributed by atoms with Crippen molar-refractivity contribution in [1.29, 1.82) is 0 Å². The molecule has 5 heteroatoms. The summed E-state index contributed by atoms with van der Waals surface area (Å²) in [5, 5.41) is 3.61. The van der Waals surface area contributed by atoms with E-state index in [1.807, 2.05) is 0 Å². The van der Waals surface area contributed by atoms with Crippen molar-refractivity contribution >= 4 is 21.6 Å².